The Morgan fingerprint density at radius 3 is 2.53 bits per heavy atom. The first kappa shape index (κ1) is 10.6. The first-order valence-electron chi connectivity index (χ1n) is 5.64. The third-order valence-electron chi connectivity index (χ3n) is 3.41. The normalized spacial score (nSPS) is 18.1. The van der Waals surface area contributed by atoms with Gasteiger partial charge in [0.1, 0.15) is 0 Å². The van der Waals surface area contributed by atoms with Crippen LogP contribution in [0.15, 0.2) is 0 Å². The molecule has 2 rings (SSSR count). The smallest absolute Gasteiger partial charge is 0.0776 e. The SMILES string of the molecule is CCN1CC(n2nc(C)c(CN)c2C)C1. The van der Waals surface area contributed by atoms with Gasteiger partial charge in [-0.3, -0.25) is 9.58 Å². The van der Waals surface area contributed by atoms with Gasteiger partial charge >= 0.3 is 0 Å². The fourth-order valence-electron chi connectivity index (χ4n) is 2.30. The van der Waals surface area contributed by atoms with Crippen LogP contribution < -0.4 is 5.73 Å². The van der Waals surface area contributed by atoms with Crippen molar-refractivity contribution in [1.82, 2.24) is 14.7 Å². The fourth-order valence-corrected chi connectivity index (χ4v) is 2.30. The Labute approximate surface area is 91.1 Å². The van der Waals surface area contributed by atoms with Gasteiger partial charge in [-0.1, -0.05) is 6.92 Å². The lowest BCUT2D eigenvalue weighted by molar-refractivity contribution is 0.104. The Morgan fingerprint density at radius 1 is 1.40 bits per heavy atom. The molecule has 0 bridgehead atoms. The highest BCUT2D eigenvalue weighted by molar-refractivity contribution is 5.25. The molecule has 0 saturated carbocycles. The van der Waals surface area contributed by atoms with Crippen LogP contribution in [0.3, 0.4) is 0 Å². The number of hydrogen-bond donors (Lipinski definition) is 1. The molecule has 2 heterocycles. The minimum Gasteiger partial charge on any atom is -0.326 e. The second-order valence-electron chi connectivity index (χ2n) is 4.30. The number of rotatable bonds is 3. The zero-order valence-electron chi connectivity index (χ0n) is 9.82. The van der Waals surface area contributed by atoms with E-state index in [-0.39, 0.29) is 0 Å². The van der Waals surface area contributed by atoms with Crippen molar-refractivity contribution < 1.29 is 0 Å². The number of aryl methyl sites for hydroxylation is 1. The van der Waals surface area contributed by atoms with E-state index in [1.807, 2.05) is 6.92 Å². The van der Waals surface area contributed by atoms with E-state index in [4.69, 9.17) is 5.73 Å². The van der Waals surface area contributed by atoms with E-state index < -0.39 is 0 Å². The highest BCUT2D eigenvalue weighted by Gasteiger charge is 2.29. The summed E-state index contributed by atoms with van der Waals surface area (Å²) in [5.74, 6) is 0. The Hall–Kier alpha value is -0.870. The molecule has 1 aliphatic heterocycles. The molecule has 1 aliphatic rings. The van der Waals surface area contributed by atoms with Crippen LogP contribution in [-0.2, 0) is 6.54 Å². The maximum atomic E-state index is 5.71. The molecular formula is C11H20N4. The lowest BCUT2D eigenvalue weighted by Crippen LogP contribution is -2.47. The van der Waals surface area contributed by atoms with E-state index in [9.17, 15) is 0 Å². The molecule has 4 heteroatoms. The predicted molar refractivity (Wildman–Crippen MR) is 60.7 cm³/mol. The molecule has 1 saturated heterocycles. The van der Waals surface area contributed by atoms with Crippen LogP contribution in [-0.4, -0.2) is 34.3 Å². The standard InChI is InChI=1S/C11H20N4/c1-4-14-6-10(7-14)15-9(3)11(5-12)8(2)13-15/h10H,4-7,12H2,1-3H3. The second kappa shape index (κ2) is 3.94. The molecule has 0 atom stereocenters. The largest absolute Gasteiger partial charge is 0.326 e. The van der Waals surface area contributed by atoms with E-state index in [1.54, 1.807) is 0 Å². The van der Waals surface area contributed by atoms with Crippen LogP contribution in [0.25, 0.3) is 0 Å². The molecule has 15 heavy (non-hydrogen) atoms. The zero-order valence-corrected chi connectivity index (χ0v) is 9.82. The van der Waals surface area contributed by atoms with Gasteiger partial charge in [-0.15, -0.1) is 0 Å². The Kier molecular flexibility index (Phi) is 2.80. The number of hydrogen-bond acceptors (Lipinski definition) is 3. The van der Waals surface area contributed by atoms with Gasteiger partial charge in [-0.2, -0.15) is 5.10 Å². The topological polar surface area (TPSA) is 47.1 Å². The lowest BCUT2D eigenvalue weighted by atomic mass is 10.1. The van der Waals surface area contributed by atoms with Crippen LogP contribution in [0.1, 0.15) is 29.9 Å². The zero-order chi connectivity index (χ0) is 11.0. The predicted octanol–water partition coefficient (Wildman–Crippen LogP) is 0.835. The Balaban J connectivity index is 2.16. The van der Waals surface area contributed by atoms with Crippen molar-refractivity contribution in [2.75, 3.05) is 19.6 Å². The molecule has 0 unspecified atom stereocenters. The summed E-state index contributed by atoms with van der Waals surface area (Å²) < 4.78 is 2.16. The minimum absolute atomic E-state index is 0.559. The van der Waals surface area contributed by atoms with Gasteiger partial charge in [-0.05, 0) is 20.4 Å². The summed E-state index contributed by atoms with van der Waals surface area (Å²) in [5, 5.41) is 4.58. The van der Waals surface area contributed by atoms with Crippen molar-refractivity contribution in [2.45, 2.75) is 33.4 Å². The molecule has 0 radical (unpaired) electrons. The van der Waals surface area contributed by atoms with Gasteiger partial charge in [0.15, 0.2) is 0 Å². The summed E-state index contributed by atoms with van der Waals surface area (Å²) in [6.07, 6.45) is 0. The number of nitrogens with two attached hydrogens (primary N) is 1. The summed E-state index contributed by atoms with van der Waals surface area (Å²) in [6, 6.07) is 0.559. The summed E-state index contributed by atoms with van der Waals surface area (Å²) in [4.78, 5) is 2.42. The van der Waals surface area contributed by atoms with Crippen molar-refractivity contribution in [3.8, 4) is 0 Å². The van der Waals surface area contributed by atoms with Crippen molar-refractivity contribution in [3.05, 3.63) is 17.0 Å². The number of nitrogens with zero attached hydrogens (tertiary/aromatic N) is 3. The molecular weight excluding hydrogens is 188 g/mol. The highest BCUT2D eigenvalue weighted by atomic mass is 15.4. The van der Waals surface area contributed by atoms with E-state index in [1.165, 1.54) is 11.3 Å². The third kappa shape index (κ3) is 1.68. The van der Waals surface area contributed by atoms with E-state index in [0.717, 1.165) is 25.3 Å². The highest BCUT2D eigenvalue weighted by Crippen LogP contribution is 2.24. The third-order valence-corrected chi connectivity index (χ3v) is 3.41. The number of likely N-dealkylation sites (tertiary alicyclic amines) is 1. The van der Waals surface area contributed by atoms with Crippen molar-refractivity contribution in [3.63, 3.8) is 0 Å². The molecule has 1 aromatic heterocycles. The molecule has 0 spiro atoms. The summed E-state index contributed by atoms with van der Waals surface area (Å²) in [5.41, 5.74) is 9.26. The maximum absolute atomic E-state index is 5.71. The van der Waals surface area contributed by atoms with Gasteiger partial charge in [0.25, 0.3) is 0 Å². The van der Waals surface area contributed by atoms with E-state index in [2.05, 4.69) is 28.5 Å². The van der Waals surface area contributed by atoms with Gasteiger partial charge in [0, 0.05) is 30.9 Å². The average molecular weight is 208 g/mol. The lowest BCUT2D eigenvalue weighted by Gasteiger charge is -2.39. The second-order valence-corrected chi connectivity index (χ2v) is 4.30. The summed E-state index contributed by atoms with van der Waals surface area (Å²) >= 11 is 0. The molecule has 1 aromatic rings. The van der Waals surface area contributed by atoms with Crippen molar-refractivity contribution >= 4 is 0 Å². The molecule has 0 aliphatic carbocycles. The number of aromatic nitrogens is 2. The molecule has 84 valence electrons. The van der Waals surface area contributed by atoms with Crippen molar-refractivity contribution in [2.24, 2.45) is 5.73 Å². The molecule has 2 N–H and O–H groups in total. The fraction of sp³-hybridized carbons (Fsp3) is 0.727. The van der Waals surface area contributed by atoms with Gasteiger partial charge in [0.05, 0.1) is 11.7 Å². The Bertz CT molecular complexity index is 350. The summed E-state index contributed by atoms with van der Waals surface area (Å²) in [6.45, 7) is 10.4. The molecule has 4 nitrogen and oxygen atoms in total. The Morgan fingerprint density at radius 2 is 2.07 bits per heavy atom. The van der Waals surface area contributed by atoms with Gasteiger partial charge < -0.3 is 5.73 Å². The van der Waals surface area contributed by atoms with Crippen LogP contribution >= 0.6 is 0 Å². The summed E-state index contributed by atoms with van der Waals surface area (Å²) in [7, 11) is 0. The average Bonchev–Trinajstić information content (AvgIpc) is 2.41. The molecule has 0 aromatic carbocycles. The van der Waals surface area contributed by atoms with Gasteiger partial charge in [-0.25, -0.2) is 0 Å². The van der Waals surface area contributed by atoms with Crippen molar-refractivity contribution in [1.29, 1.82) is 0 Å². The molecule has 0 amide bonds. The minimum atomic E-state index is 0.559. The monoisotopic (exact) mass is 208 g/mol. The van der Waals surface area contributed by atoms with Crippen LogP contribution in [0.2, 0.25) is 0 Å². The first-order valence-corrected chi connectivity index (χ1v) is 5.64. The van der Waals surface area contributed by atoms with Crippen LogP contribution in [0, 0.1) is 13.8 Å². The molecule has 1 fully saturated rings. The quantitative estimate of drug-likeness (QED) is 0.800. The first-order chi connectivity index (χ1) is 7.17. The van der Waals surface area contributed by atoms with E-state index in [0.29, 0.717) is 12.6 Å². The van der Waals surface area contributed by atoms with Crippen LogP contribution in [0.4, 0.5) is 0 Å². The number of likely N-dealkylation sites (N-methyl/N-ethyl adjacent to an activating group) is 1. The maximum Gasteiger partial charge on any atom is 0.0776 e. The van der Waals surface area contributed by atoms with E-state index >= 15 is 0 Å². The van der Waals surface area contributed by atoms with Crippen LogP contribution in [0.5, 0.6) is 0 Å². The van der Waals surface area contributed by atoms with Gasteiger partial charge in [0.2, 0.25) is 0 Å².